The molecule has 4 rings (SSSR count). The Bertz CT molecular complexity index is 1290. The maximum atomic E-state index is 13.1. The largest absolute Gasteiger partial charge is 0.457 e. The predicted octanol–water partition coefficient (Wildman–Crippen LogP) is 3.72. The van der Waals surface area contributed by atoms with Crippen LogP contribution in [0.15, 0.2) is 79.3 Å². The van der Waals surface area contributed by atoms with Crippen LogP contribution in [0, 0.1) is 5.82 Å². The van der Waals surface area contributed by atoms with E-state index in [0.29, 0.717) is 28.7 Å². The topological polar surface area (TPSA) is 118 Å². The SMILES string of the molecule is COCC(=O)N[C@@H](Cc1c[nH]cn1)C(=O)Nc1cccc(-c2ccc(Oc3ccc(F)cc3)cc2)n1. The molecule has 2 heterocycles. The van der Waals surface area contributed by atoms with Gasteiger partial charge in [-0.05, 0) is 60.7 Å². The molecule has 2 aromatic carbocycles. The minimum Gasteiger partial charge on any atom is -0.457 e. The molecule has 0 bridgehead atoms. The van der Waals surface area contributed by atoms with Crippen LogP contribution in [-0.4, -0.2) is 46.5 Å². The van der Waals surface area contributed by atoms with E-state index in [0.717, 1.165) is 5.56 Å². The van der Waals surface area contributed by atoms with E-state index in [4.69, 9.17) is 9.47 Å². The number of nitrogens with one attached hydrogen (secondary N) is 3. The summed E-state index contributed by atoms with van der Waals surface area (Å²) >= 11 is 0. The number of rotatable bonds is 10. The van der Waals surface area contributed by atoms with Crippen molar-refractivity contribution < 1.29 is 23.5 Å². The fourth-order valence-corrected chi connectivity index (χ4v) is 3.40. The number of H-pyrrole nitrogens is 1. The molecule has 2 aromatic heterocycles. The van der Waals surface area contributed by atoms with E-state index in [-0.39, 0.29) is 18.8 Å². The lowest BCUT2D eigenvalue weighted by Crippen LogP contribution is -2.46. The average Bonchev–Trinajstić information content (AvgIpc) is 3.39. The highest BCUT2D eigenvalue weighted by Gasteiger charge is 2.22. The first-order chi connectivity index (χ1) is 17.5. The maximum Gasteiger partial charge on any atom is 0.248 e. The average molecular weight is 490 g/mol. The third-order valence-corrected chi connectivity index (χ3v) is 5.10. The van der Waals surface area contributed by atoms with E-state index < -0.39 is 17.9 Å². The Balaban J connectivity index is 1.44. The van der Waals surface area contributed by atoms with Crippen LogP contribution in [0.2, 0.25) is 0 Å². The van der Waals surface area contributed by atoms with Crippen molar-refractivity contribution in [3.05, 3.63) is 90.8 Å². The molecule has 0 radical (unpaired) electrons. The van der Waals surface area contributed by atoms with Gasteiger partial charge < -0.3 is 25.1 Å². The summed E-state index contributed by atoms with van der Waals surface area (Å²) in [6.45, 7) is -0.168. The van der Waals surface area contributed by atoms with E-state index in [1.807, 2.05) is 18.2 Å². The number of halogens is 1. The van der Waals surface area contributed by atoms with Gasteiger partial charge in [-0.1, -0.05) is 6.07 Å². The van der Waals surface area contributed by atoms with Crippen molar-refractivity contribution in [3.8, 4) is 22.8 Å². The number of pyridine rings is 1. The Morgan fingerprint density at radius 1 is 1.03 bits per heavy atom. The normalized spacial score (nSPS) is 11.5. The highest BCUT2D eigenvalue weighted by atomic mass is 19.1. The second kappa shape index (κ2) is 11.7. The molecular weight excluding hydrogens is 465 g/mol. The molecule has 0 fully saturated rings. The number of amides is 2. The fourth-order valence-electron chi connectivity index (χ4n) is 3.40. The van der Waals surface area contributed by atoms with E-state index in [2.05, 4.69) is 25.6 Å². The third kappa shape index (κ3) is 6.73. The summed E-state index contributed by atoms with van der Waals surface area (Å²) in [5.74, 6) is 0.252. The molecule has 2 amide bonds. The number of methoxy groups -OCH3 is 1. The summed E-state index contributed by atoms with van der Waals surface area (Å²) in [4.78, 5) is 36.5. The molecule has 0 spiro atoms. The Hall–Kier alpha value is -4.57. The number of aromatic amines is 1. The summed E-state index contributed by atoms with van der Waals surface area (Å²) in [6, 6.07) is 17.3. The zero-order chi connectivity index (χ0) is 25.3. The molecule has 36 heavy (non-hydrogen) atoms. The number of carbonyl (C=O) groups excluding carboxylic acids is 2. The van der Waals surface area contributed by atoms with E-state index >= 15 is 0 Å². The van der Waals surface area contributed by atoms with E-state index in [1.165, 1.54) is 25.6 Å². The van der Waals surface area contributed by atoms with Crippen LogP contribution >= 0.6 is 0 Å². The number of hydrogen-bond acceptors (Lipinski definition) is 6. The number of anilines is 1. The first-order valence-electron chi connectivity index (χ1n) is 11.1. The molecule has 0 saturated carbocycles. The van der Waals surface area contributed by atoms with Gasteiger partial charge in [-0.2, -0.15) is 0 Å². The molecule has 3 N–H and O–H groups in total. The van der Waals surface area contributed by atoms with Gasteiger partial charge in [-0.15, -0.1) is 0 Å². The van der Waals surface area contributed by atoms with Gasteiger partial charge in [0.25, 0.3) is 0 Å². The van der Waals surface area contributed by atoms with Crippen LogP contribution in [0.1, 0.15) is 5.69 Å². The van der Waals surface area contributed by atoms with Gasteiger partial charge >= 0.3 is 0 Å². The van der Waals surface area contributed by atoms with Crippen LogP contribution < -0.4 is 15.4 Å². The monoisotopic (exact) mass is 489 g/mol. The van der Waals surface area contributed by atoms with Gasteiger partial charge in [0.2, 0.25) is 11.8 Å². The summed E-state index contributed by atoms with van der Waals surface area (Å²) in [5, 5.41) is 5.42. The Kier molecular flexibility index (Phi) is 7.99. The molecule has 9 nitrogen and oxygen atoms in total. The Morgan fingerprint density at radius 3 is 2.42 bits per heavy atom. The van der Waals surface area contributed by atoms with Gasteiger partial charge in [0.1, 0.15) is 35.8 Å². The fraction of sp³-hybridized carbons (Fsp3) is 0.154. The van der Waals surface area contributed by atoms with Crippen LogP contribution in [0.5, 0.6) is 11.5 Å². The number of ether oxygens (including phenoxy) is 2. The number of carbonyl (C=O) groups is 2. The smallest absolute Gasteiger partial charge is 0.248 e. The number of imidazole rings is 1. The zero-order valence-corrected chi connectivity index (χ0v) is 19.4. The lowest BCUT2D eigenvalue weighted by atomic mass is 10.1. The number of nitrogens with zero attached hydrogens (tertiary/aromatic N) is 2. The van der Waals surface area contributed by atoms with Crippen LogP contribution in [0.25, 0.3) is 11.3 Å². The molecule has 0 aliphatic heterocycles. The third-order valence-electron chi connectivity index (χ3n) is 5.10. The van der Waals surface area contributed by atoms with E-state index in [1.54, 1.807) is 42.6 Å². The minimum atomic E-state index is -0.871. The minimum absolute atomic E-state index is 0.168. The summed E-state index contributed by atoms with van der Waals surface area (Å²) in [5.41, 5.74) is 2.06. The van der Waals surface area contributed by atoms with E-state index in [9.17, 15) is 14.0 Å². The van der Waals surface area contributed by atoms with Crippen LogP contribution in [0.4, 0.5) is 10.2 Å². The molecule has 0 aliphatic rings. The molecule has 10 heteroatoms. The standard InChI is InChI=1S/C26H24FN5O4/c1-35-15-25(33)31-23(13-19-14-28-16-29-19)26(34)32-24-4-2-3-22(30-24)17-5-9-20(10-6-17)36-21-11-7-18(27)8-12-21/h2-12,14,16,23H,13,15H2,1H3,(H,28,29)(H,31,33)(H,30,32,34)/t23-/m0/s1. The van der Waals surface area contributed by atoms with Crippen molar-refractivity contribution >= 4 is 17.6 Å². The van der Waals surface area contributed by atoms with Crippen molar-refractivity contribution in [3.63, 3.8) is 0 Å². The van der Waals surface area contributed by atoms with Gasteiger partial charge in [-0.3, -0.25) is 9.59 Å². The summed E-state index contributed by atoms with van der Waals surface area (Å²) < 4.78 is 23.6. The number of hydrogen-bond donors (Lipinski definition) is 3. The first-order valence-corrected chi connectivity index (χ1v) is 11.1. The molecule has 1 atom stereocenters. The van der Waals surface area contributed by atoms with Crippen molar-refractivity contribution in [2.24, 2.45) is 0 Å². The highest BCUT2D eigenvalue weighted by Crippen LogP contribution is 2.26. The summed E-state index contributed by atoms with van der Waals surface area (Å²) in [6.07, 6.45) is 3.35. The second-order valence-corrected chi connectivity index (χ2v) is 7.80. The number of aromatic nitrogens is 3. The predicted molar refractivity (Wildman–Crippen MR) is 131 cm³/mol. The van der Waals surface area contributed by atoms with Crippen molar-refractivity contribution in [2.45, 2.75) is 12.5 Å². The lowest BCUT2D eigenvalue weighted by Gasteiger charge is -2.17. The van der Waals surface area contributed by atoms with Crippen LogP contribution in [-0.2, 0) is 20.7 Å². The quantitative estimate of drug-likeness (QED) is 0.313. The van der Waals surface area contributed by atoms with Crippen molar-refractivity contribution in [1.29, 1.82) is 0 Å². The molecule has 0 saturated heterocycles. The lowest BCUT2D eigenvalue weighted by molar-refractivity contribution is -0.129. The number of benzene rings is 2. The van der Waals surface area contributed by atoms with Crippen molar-refractivity contribution in [2.75, 3.05) is 19.0 Å². The Labute approximate surface area is 206 Å². The Morgan fingerprint density at radius 2 is 1.75 bits per heavy atom. The van der Waals surface area contributed by atoms with Gasteiger partial charge in [0.15, 0.2) is 0 Å². The molecule has 0 aliphatic carbocycles. The zero-order valence-electron chi connectivity index (χ0n) is 19.4. The maximum absolute atomic E-state index is 13.1. The summed E-state index contributed by atoms with van der Waals surface area (Å²) in [7, 11) is 1.40. The van der Waals surface area contributed by atoms with Gasteiger partial charge in [-0.25, -0.2) is 14.4 Å². The van der Waals surface area contributed by atoms with Gasteiger partial charge in [0, 0.05) is 25.3 Å². The van der Waals surface area contributed by atoms with Crippen molar-refractivity contribution in [1.82, 2.24) is 20.3 Å². The molecule has 0 unspecified atom stereocenters. The van der Waals surface area contributed by atoms with Crippen LogP contribution in [0.3, 0.4) is 0 Å². The molecule has 184 valence electrons. The molecular formula is C26H24FN5O4. The molecule has 4 aromatic rings. The van der Waals surface area contributed by atoms with Gasteiger partial charge in [0.05, 0.1) is 17.7 Å². The first kappa shape index (κ1) is 24.6. The highest BCUT2D eigenvalue weighted by molar-refractivity contribution is 5.97. The second-order valence-electron chi connectivity index (χ2n) is 7.80.